The van der Waals surface area contributed by atoms with Crippen LogP contribution in [0.4, 0.5) is 0 Å². The molecule has 0 unspecified atom stereocenters. The fourth-order valence-electron chi connectivity index (χ4n) is 3.86. The van der Waals surface area contributed by atoms with Crippen LogP contribution < -0.4 is 0 Å². The van der Waals surface area contributed by atoms with Crippen molar-refractivity contribution in [2.45, 2.75) is 25.9 Å². The molecule has 6 nitrogen and oxygen atoms in total. The summed E-state index contributed by atoms with van der Waals surface area (Å²) in [6.45, 7) is 0.915. The van der Waals surface area contributed by atoms with Crippen molar-refractivity contribution in [1.29, 1.82) is 0 Å². The Morgan fingerprint density at radius 2 is 2.08 bits per heavy atom. The van der Waals surface area contributed by atoms with Gasteiger partial charge in [0.25, 0.3) is 0 Å². The largest absolute Gasteiger partial charge is 0.481 e. The van der Waals surface area contributed by atoms with Gasteiger partial charge in [0.2, 0.25) is 10.0 Å². The third kappa shape index (κ3) is 3.34. The highest BCUT2D eigenvalue weighted by Gasteiger charge is 2.56. The monoisotopic (exact) mass is 353 g/mol. The fraction of sp³-hybridized carbons (Fsp3) is 0.588. The van der Waals surface area contributed by atoms with E-state index in [1.165, 1.54) is 4.31 Å². The number of carboxylic acids is 1. The normalized spacial score (nSPS) is 27.2. The van der Waals surface area contributed by atoms with Crippen molar-refractivity contribution >= 4 is 16.0 Å². The molecule has 1 aliphatic carbocycles. The maximum Gasteiger partial charge on any atom is 0.311 e. The minimum atomic E-state index is -3.48. The standard InChI is InChI=1S/C17H23NO5S/c19-16(20)17-8-4-7-15(17)11-18(13-17)24(21,22)10-9-23-12-14-5-2-1-3-6-14/h1-3,5-6,15H,4,7-13H2,(H,19,20)/t15-,17+/m0/s1. The molecule has 0 radical (unpaired) electrons. The van der Waals surface area contributed by atoms with Gasteiger partial charge in [-0.25, -0.2) is 12.7 Å². The van der Waals surface area contributed by atoms with Gasteiger partial charge in [-0.3, -0.25) is 4.79 Å². The third-order valence-electron chi connectivity index (χ3n) is 5.26. The van der Waals surface area contributed by atoms with Gasteiger partial charge in [0, 0.05) is 13.1 Å². The maximum absolute atomic E-state index is 12.5. The Hall–Kier alpha value is -1.44. The molecule has 3 rings (SSSR count). The van der Waals surface area contributed by atoms with Crippen LogP contribution in [-0.4, -0.2) is 49.2 Å². The number of carbonyl (C=O) groups is 1. The molecule has 0 bridgehead atoms. The summed E-state index contributed by atoms with van der Waals surface area (Å²) in [6, 6.07) is 9.57. The molecule has 2 aliphatic rings. The summed E-state index contributed by atoms with van der Waals surface area (Å²) in [4.78, 5) is 11.6. The van der Waals surface area contributed by atoms with E-state index in [0.717, 1.165) is 18.4 Å². The Morgan fingerprint density at radius 1 is 1.33 bits per heavy atom. The number of hydrogen-bond donors (Lipinski definition) is 1. The van der Waals surface area contributed by atoms with E-state index in [2.05, 4.69) is 0 Å². The highest BCUT2D eigenvalue weighted by atomic mass is 32.2. The molecule has 7 heteroatoms. The molecule has 0 amide bonds. The van der Waals surface area contributed by atoms with Crippen LogP contribution in [0.3, 0.4) is 0 Å². The molecule has 24 heavy (non-hydrogen) atoms. The van der Waals surface area contributed by atoms with Crippen LogP contribution in [0.5, 0.6) is 0 Å². The predicted molar refractivity (Wildman–Crippen MR) is 88.9 cm³/mol. The first kappa shape index (κ1) is 17.4. The molecule has 132 valence electrons. The number of hydrogen-bond acceptors (Lipinski definition) is 4. The van der Waals surface area contributed by atoms with Crippen molar-refractivity contribution < 1.29 is 23.1 Å². The van der Waals surface area contributed by atoms with Crippen molar-refractivity contribution in [3.05, 3.63) is 35.9 Å². The van der Waals surface area contributed by atoms with Gasteiger partial charge in [0.1, 0.15) is 0 Å². The van der Waals surface area contributed by atoms with E-state index in [1.54, 1.807) is 0 Å². The number of benzene rings is 1. The van der Waals surface area contributed by atoms with E-state index in [-0.39, 0.29) is 24.8 Å². The van der Waals surface area contributed by atoms with Gasteiger partial charge in [-0.15, -0.1) is 0 Å². The predicted octanol–water partition coefficient (Wildman–Crippen LogP) is 1.72. The first-order chi connectivity index (χ1) is 11.4. The summed E-state index contributed by atoms with van der Waals surface area (Å²) in [5, 5.41) is 9.55. The second-order valence-electron chi connectivity index (χ2n) is 6.70. The average molecular weight is 353 g/mol. The molecule has 0 aromatic heterocycles. The summed E-state index contributed by atoms with van der Waals surface area (Å²) in [5.74, 6) is -1.03. The Morgan fingerprint density at radius 3 is 2.75 bits per heavy atom. The number of sulfonamides is 1. The van der Waals surface area contributed by atoms with Crippen LogP contribution in [0.15, 0.2) is 30.3 Å². The zero-order valence-electron chi connectivity index (χ0n) is 13.6. The zero-order chi connectivity index (χ0) is 17.2. The van der Waals surface area contributed by atoms with Gasteiger partial charge in [-0.2, -0.15) is 0 Å². The second kappa shape index (κ2) is 6.82. The molecule has 2 fully saturated rings. The van der Waals surface area contributed by atoms with E-state index in [0.29, 0.717) is 19.6 Å². The Balaban J connectivity index is 1.54. The van der Waals surface area contributed by atoms with Gasteiger partial charge in [-0.1, -0.05) is 36.8 Å². The molecular weight excluding hydrogens is 330 g/mol. The maximum atomic E-state index is 12.5. The van der Waals surface area contributed by atoms with Gasteiger partial charge >= 0.3 is 5.97 Å². The Kier molecular flexibility index (Phi) is 4.94. The number of nitrogens with zero attached hydrogens (tertiary/aromatic N) is 1. The van der Waals surface area contributed by atoms with Crippen molar-refractivity contribution in [2.24, 2.45) is 11.3 Å². The lowest BCUT2D eigenvalue weighted by Gasteiger charge is -2.23. The van der Waals surface area contributed by atoms with Crippen LogP contribution in [-0.2, 0) is 26.2 Å². The van der Waals surface area contributed by atoms with E-state index in [9.17, 15) is 18.3 Å². The fourth-order valence-corrected chi connectivity index (χ4v) is 5.28. The summed E-state index contributed by atoms with van der Waals surface area (Å²) < 4.78 is 31.8. The van der Waals surface area contributed by atoms with Gasteiger partial charge in [-0.05, 0) is 24.3 Å². The molecule has 1 heterocycles. The number of ether oxygens (including phenoxy) is 1. The third-order valence-corrected chi connectivity index (χ3v) is 7.00. The molecule has 2 atom stereocenters. The molecule has 1 aliphatic heterocycles. The molecule has 1 saturated heterocycles. The lowest BCUT2D eigenvalue weighted by molar-refractivity contribution is -0.149. The highest BCUT2D eigenvalue weighted by molar-refractivity contribution is 7.89. The van der Waals surface area contributed by atoms with Crippen molar-refractivity contribution in [3.8, 4) is 0 Å². The smallest absolute Gasteiger partial charge is 0.311 e. The summed E-state index contributed by atoms with van der Waals surface area (Å²) in [6.07, 6.45) is 2.23. The summed E-state index contributed by atoms with van der Waals surface area (Å²) in [7, 11) is -3.48. The van der Waals surface area contributed by atoms with Crippen LogP contribution in [0.25, 0.3) is 0 Å². The Bertz CT molecular complexity index is 690. The second-order valence-corrected chi connectivity index (χ2v) is 8.79. The van der Waals surface area contributed by atoms with Crippen molar-refractivity contribution in [3.63, 3.8) is 0 Å². The summed E-state index contributed by atoms with van der Waals surface area (Å²) in [5.41, 5.74) is 0.119. The summed E-state index contributed by atoms with van der Waals surface area (Å²) >= 11 is 0. The van der Waals surface area contributed by atoms with Gasteiger partial charge < -0.3 is 9.84 Å². The van der Waals surface area contributed by atoms with Crippen molar-refractivity contribution in [1.82, 2.24) is 4.31 Å². The van der Waals surface area contributed by atoms with Crippen LogP contribution in [0, 0.1) is 11.3 Å². The first-order valence-electron chi connectivity index (χ1n) is 8.27. The first-order valence-corrected chi connectivity index (χ1v) is 9.88. The van der Waals surface area contributed by atoms with E-state index >= 15 is 0 Å². The molecular formula is C17H23NO5S. The highest BCUT2D eigenvalue weighted by Crippen LogP contribution is 2.49. The minimum absolute atomic E-state index is 0.0602. The SMILES string of the molecule is O=C(O)[C@@]12CCC[C@H]1CN(S(=O)(=O)CCOCc1ccccc1)C2. The number of rotatable bonds is 7. The van der Waals surface area contributed by atoms with E-state index in [4.69, 9.17) is 4.74 Å². The van der Waals surface area contributed by atoms with Gasteiger partial charge in [0.05, 0.1) is 24.4 Å². The van der Waals surface area contributed by atoms with Crippen LogP contribution >= 0.6 is 0 Å². The molecule has 1 aromatic carbocycles. The lowest BCUT2D eigenvalue weighted by Crippen LogP contribution is -2.38. The minimum Gasteiger partial charge on any atom is -0.481 e. The van der Waals surface area contributed by atoms with E-state index < -0.39 is 21.4 Å². The van der Waals surface area contributed by atoms with Crippen molar-refractivity contribution in [2.75, 3.05) is 25.4 Å². The Labute approximate surface area is 142 Å². The lowest BCUT2D eigenvalue weighted by atomic mass is 9.81. The zero-order valence-corrected chi connectivity index (χ0v) is 14.4. The quantitative estimate of drug-likeness (QED) is 0.755. The molecule has 1 saturated carbocycles. The van der Waals surface area contributed by atoms with Crippen LogP contribution in [0.1, 0.15) is 24.8 Å². The average Bonchev–Trinajstić information content (AvgIpc) is 3.11. The molecule has 1 N–H and O–H groups in total. The topological polar surface area (TPSA) is 83.9 Å². The van der Waals surface area contributed by atoms with E-state index in [1.807, 2.05) is 30.3 Å². The van der Waals surface area contributed by atoms with Crippen LogP contribution in [0.2, 0.25) is 0 Å². The number of aliphatic carboxylic acids is 1. The van der Waals surface area contributed by atoms with Gasteiger partial charge in [0.15, 0.2) is 0 Å². The number of carboxylic acid groups (broad SMARTS) is 1. The molecule has 1 aromatic rings. The molecule has 0 spiro atoms. The number of fused-ring (bicyclic) bond motifs is 1.